The molecule has 1 amide bonds. The molecule has 3 aliphatic rings. The molecule has 3 N–H and O–H groups in total. The standard InChI is InChI=1S/C15H27N3O.2ClH/c16-15(8-9-15)14(19)17-12-6-10-18(11-7-12)13-4-2-1-3-5-13;;/h12-13H,1-11,16H2,(H,17,19);2*1H. The van der Waals surface area contributed by atoms with Crippen LogP contribution in [0.25, 0.3) is 0 Å². The van der Waals surface area contributed by atoms with Gasteiger partial charge in [0.15, 0.2) is 0 Å². The van der Waals surface area contributed by atoms with Gasteiger partial charge in [-0.3, -0.25) is 4.79 Å². The highest BCUT2D eigenvalue weighted by Gasteiger charge is 2.46. The molecule has 0 aromatic heterocycles. The van der Waals surface area contributed by atoms with E-state index in [9.17, 15) is 4.79 Å². The summed E-state index contributed by atoms with van der Waals surface area (Å²) in [7, 11) is 0. The Morgan fingerprint density at radius 2 is 1.57 bits per heavy atom. The highest BCUT2D eigenvalue weighted by atomic mass is 35.5. The van der Waals surface area contributed by atoms with Crippen molar-refractivity contribution in [2.45, 2.75) is 75.4 Å². The van der Waals surface area contributed by atoms with E-state index in [1.807, 2.05) is 0 Å². The number of carbonyl (C=O) groups is 1. The third-order valence-corrected chi connectivity index (χ3v) is 5.20. The third-order valence-electron chi connectivity index (χ3n) is 5.20. The van der Waals surface area contributed by atoms with Crippen LogP contribution >= 0.6 is 24.8 Å². The van der Waals surface area contributed by atoms with Gasteiger partial charge in [0.2, 0.25) is 5.91 Å². The van der Waals surface area contributed by atoms with Crippen LogP contribution < -0.4 is 11.1 Å². The largest absolute Gasteiger partial charge is 0.352 e. The van der Waals surface area contributed by atoms with Crippen molar-refractivity contribution in [2.75, 3.05) is 13.1 Å². The lowest BCUT2D eigenvalue weighted by Crippen LogP contribution is -2.52. The first-order chi connectivity index (χ1) is 9.17. The van der Waals surface area contributed by atoms with Gasteiger partial charge in [0.05, 0.1) is 5.54 Å². The van der Waals surface area contributed by atoms with Crippen molar-refractivity contribution < 1.29 is 4.79 Å². The molecule has 0 atom stereocenters. The number of halogens is 2. The van der Waals surface area contributed by atoms with Gasteiger partial charge in [-0.15, -0.1) is 24.8 Å². The van der Waals surface area contributed by atoms with Gasteiger partial charge in [-0.25, -0.2) is 0 Å². The summed E-state index contributed by atoms with van der Waals surface area (Å²) >= 11 is 0. The van der Waals surface area contributed by atoms with Crippen LogP contribution in [0.3, 0.4) is 0 Å². The third kappa shape index (κ3) is 4.72. The Morgan fingerprint density at radius 3 is 2.10 bits per heavy atom. The van der Waals surface area contributed by atoms with Crippen molar-refractivity contribution >= 4 is 30.7 Å². The average Bonchev–Trinajstić information content (AvgIpc) is 3.20. The van der Waals surface area contributed by atoms with E-state index >= 15 is 0 Å². The van der Waals surface area contributed by atoms with E-state index in [0.717, 1.165) is 44.8 Å². The Balaban J connectivity index is 0.00000110. The Kier molecular flexibility index (Phi) is 7.25. The molecule has 1 saturated heterocycles. The number of piperidine rings is 1. The quantitative estimate of drug-likeness (QED) is 0.830. The zero-order chi connectivity index (χ0) is 13.3. The summed E-state index contributed by atoms with van der Waals surface area (Å²) in [6, 6.07) is 1.17. The van der Waals surface area contributed by atoms with Gasteiger partial charge < -0.3 is 16.0 Å². The van der Waals surface area contributed by atoms with E-state index in [2.05, 4.69) is 10.2 Å². The molecule has 3 fully saturated rings. The lowest BCUT2D eigenvalue weighted by molar-refractivity contribution is -0.124. The first kappa shape index (κ1) is 19.0. The molecule has 0 radical (unpaired) electrons. The van der Waals surface area contributed by atoms with E-state index in [0.29, 0.717) is 6.04 Å². The molecule has 0 spiro atoms. The summed E-state index contributed by atoms with van der Waals surface area (Å²) in [5, 5.41) is 3.15. The monoisotopic (exact) mass is 337 g/mol. The lowest BCUT2D eigenvalue weighted by atomic mass is 9.92. The number of amides is 1. The minimum absolute atomic E-state index is 0. The van der Waals surface area contributed by atoms with Gasteiger partial charge in [-0.2, -0.15) is 0 Å². The normalized spacial score (nSPS) is 26.3. The summed E-state index contributed by atoms with van der Waals surface area (Å²) in [6.45, 7) is 2.29. The van der Waals surface area contributed by atoms with Crippen LogP contribution in [-0.4, -0.2) is 41.5 Å². The molecule has 0 aromatic carbocycles. The van der Waals surface area contributed by atoms with Gasteiger partial charge >= 0.3 is 0 Å². The van der Waals surface area contributed by atoms with E-state index in [-0.39, 0.29) is 30.7 Å². The number of hydrogen-bond donors (Lipinski definition) is 2. The highest BCUT2D eigenvalue weighted by Crippen LogP contribution is 2.32. The van der Waals surface area contributed by atoms with Gasteiger partial charge in [-0.1, -0.05) is 19.3 Å². The van der Waals surface area contributed by atoms with E-state index in [4.69, 9.17) is 5.73 Å². The first-order valence-electron chi connectivity index (χ1n) is 8.01. The van der Waals surface area contributed by atoms with Gasteiger partial charge in [-0.05, 0) is 38.5 Å². The van der Waals surface area contributed by atoms with E-state index in [1.165, 1.54) is 32.1 Å². The molecule has 0 unspecified atom stereocenters. The summed E-state index contributed by atoms with van der Waals surface area (Å²) in [5.74, 6) is 0.0867. The molecule has 2 aliphatic carbocycles. The molecular formula is C15H29Cl2N3O. The maximum atomic E-state index is 11.9. The molecule has 4 nitrogen and oxygen atoms in total. The van der Waals surface area contributed by atoms with Crippen LogP contribution in [0.5, 0.6) is 0 Å². The highest BCUT2D eigenvalue weighted by molar-refractivity contribution is 5.89. The van der Waals surface area contributed by atoms with Crippen LogP contribution in [0.4, 0.5) is 0 Å². The molecule has 3 rings (SSSR count). The zero-order valence-electron chi connectivity index (χ0n) is 12.7. The van der Waals surface area contributed by atoms with Crippen LogP contribution in [-0.2, 0) is 4.79 Å². The summed E-state index contributed by atoms with van der Waals surface area (Å²) in [4.78, 5) is 14.6. The summed E-state index contributed by atoms with van der Waals surface area (Å²) < 4.78 is 0. The second kappa shape index (κ2) is 8.00. The molecule has 0 aromatic rings. The predicted molar refractivity (Wildman–Crippen MR) is 90.3 cm³/mol. The number of rotatable bonds is 3. The molecular weight excluding hydrogens is 309 g/mol. The second-order valence-corrected chi connectivity index (χ2v) is 6.73. The van der Waals surface area contributed by atoms with Crippen molar-refractivity contribution in [3.8, 4) is 0 Å². The number of hydrogen-bond acceptors (Lipinski definition) is 3. The second-order valence-electron chi connectivity index (χ2n) is 6.73. The molecule has 21 heavy (non-hydrogen) atoms. The fourth-order valence-corrected chi connectivity index (χ4v) is 3.55. The Labute approximate surface area is 140 Å². The number of nitrogens with one attached hydrogen (secondary N) is 1. The Morgan fingerprint density at radius 1 is 1.00 bits per heavy atom. The molecule has 1 heterocycles. The number of nitrogens with zero attached hydrogens (tertiary/aromatic N) is 1. The zero-order valence-corrected chi connectivity index (χ0v) is 14.3. The minimum Gasteiger partial charge on any atom is -0.352 e. The maximum absolute atomic E-state index is 11.9. The molecule has 6 heteroatoms. The fraction of sp³-hybridized carbons (Fsp3) is 0.933. The maximum Gasteiger partial charge on any atom is 0.240 e. The topological polar surface area (TPSA) is 58.4 Å². The first-order valence-corrected chi connectivity index (χ1v) is 8.01. The van der Waals surface area contributed by atoms with Crippen LogP contribution in [0.2, 0.25) is 0 Å². The van der Waals surface area contributed by atoms with Crippen molar-refractivity contribution in [3.05, 3.63) is 0 Å². The van der Waals surface area contributed by atoms with E-state index in [1.54, 1.807) is 0 Å². The van der Waals surface area contributed by atoms with Crippen molar-refractivity contribution in [1.29, 1.82) is 0 Å². The Hall–Kier alpha value is -0.0300. The fourth-order valence-electron chi connectivity index (χ4n) is 3.55. The lowest BCUT2D eigenvalue weighted by Gasteiger charge is -2.39. The van der Waals surface area contributed by atoms with Crippen LogP contribution in [0.1, 0.15) is 57.8 Å². The van der Waals surface area contributed by atoms with Crippen molar-refractivity contribution in [2.24, 2.45) is 5.73 Å². The number of carbonyl (C=O) groups excluding carboxylic acids is 1. The number of nitrogens with two attached hydrogens (primary N) is 1. The van der Waals surface area contributed by atoms with Crippen molar-refractivity contribution in [3.63, 3.8) is 0 Å². The van der Waals surface area contributed by atoms with Crippen molar-refractivity contribution in [1.82, 2.24) is 10.2 Å². The molecule has 1 aliphatic heterocycles. The van der Waals surface area contributed by atoms with E-state index < -0.39 is 5.54 Å². The van der Waals surface area contributed by atoms with Crippen LogP contribution in [0.15, 0.2) is 0 Å². The molecule has 0 bridgehead atoms. The molecule has 2 saturated carbocycles. The summed E-state index contributed by atoms with van der Waals surface area (Å²) in [5.41, 5.74) is 5.42. The van der Waals surface area contributed by atoms with Gasteiger partial charge in [0, 0.05) is 25.2 Å². The number of likely N-dealkylation sites (tertiary alicyclic amines) is 1. The average molecular weight is 338 g/mol. The smallest absolute Gasteiger partial charge is 0.240 e. The predicted octanol–water partition coefficient (Wildman–Crippen LogP) is 2.23. The SMILES string of the molecule is Cl.Cl.NC1(C(=O)NC2CCN(C3CCCCC3)CC2)CC1. The minimum atomic E-state index is -0.513. The molecule has 124 valence electrons. The Bertz CT molecular complexity index is 336. The van der Waals surface area contributed by atoms with Crippen LogP contribution in [0, 0.1) is 0 Å². The summed E-state index contributed by atoms with van der Waals surface area (Å²) in [6.07, 6.45) is 10.9. The van der Waals surface area contributed by atoms with Gasteiger partial charge in [0.1, 0.15) is 0 Å². The van der Waals surface area contributed by atoms with Gasteiger partial charge in [0.25, 0.3) is 0 Å².